The lowest BCUT2D eigenvalue weighted by molar-refractivity contribution is 0.827. The van der Waals surface area contributed by atoms with Gasteiger partial charge in [0.1, 0.15) is 0 Å². The van der Waals surface area contributed by atoms with Gasteiger partial charge >= 0.3 is 0 Å². The number of nitrogens with two attached hydrogens (primary N) is 1. The summed E-state index contributed by atoms with van der Waals surface area (Å²) in [6.07, 6.45) is 0. The third-order valence-electron chi connectivity index (χ3n) is 2.07. The van der Waals surface area contributed by atoms with Gasteiger partial charge in [0.2, 0.25) is 5.96 Å². The number of guanidine groups is 2. The minimum absolute atomic E-state index is 0.130. The van der Waals surface area contributed by atoms with Crippen LogP contribution in [-0.2, 0) is 0 Å². The van der Waals surface area contributed by atoms with Gasteiger partial charge in [0, 0.05) is 23.3 Å². The highest BCUT2D eigenvalue weighted by molar-refractivity contribution is 6.30. The van der Waals surface area contributed by atoms with Crippen LogP contribution in [0.15, 0.2) is 34.3 Å². The summed E-state index contributed by atoms with van der Waals surface area (Å²) in [5, 5.41) is 6.77. The van der Waals surface area contributed by atoms with Crippen molar-refractivity contribution >= 4 is 29.2 Å². The second kappa shape index (κ2) is 7.63. The van der Waals surface area contributed by atoms with Gasteiger partial charge in [-0.25, -0.2) is 0 Å². The van der Waals surface area contributed by atoms with Crippen LogP contribution in [0.2, 0.25) is 5.02 Å². The van der Waals surface area contributed by atoms with Gasteiger partial charge in [-0.3, -0.25) is 15.3 Å². The predicted molar refractivity (Wildman–Crippen MR) is 82.9 cm³/mol. The van der Waals surface area contributed by atoms with E-state index in [0.717, 1.165) is 5.69 Å². The van der Waals surface area contributed by atoms with Crippen LogP contribution >= 0.6 is 11.6 Å². The quantitative estimate of drug-likeness (QED) is 0.588. The molecule has 19 heavy (non-hydrogen) atoms. The number of nitrogens with zero attached hydrogens (tertiary/aromatic N) is 2. The predicted octanol–water partition coefficient (Wildman–Crippen LogP) is 2.44. The molecule has 0 saturated heterocycles. The Labute approximate surface area is 119 Å². The van der Waals surface area contributed by atoms with E-state index in [-0.39, 0.29) is 6.04 Å². The fourth-order valence-electron chi connectivity index (χ4n) is 1.37. The van der Waals surface area contributed by atoms with Gasteiger partial charge in [-0.15, -0.1) is 0 Å². The topological polar surface area (TPSA) is 74.8 Å². The van der Waals surface area contributed by atoms with E-state index in [1.807, 2.05) is 32.9 Å². The lowest BCUT2D eigenvalue weighted by Gasteiger charge is -2.12. The number of benzene rings is 1. The van der Waals surface area contributed by atoms with Crippen molar-refractivity contribution in [1.29, 1.82) is 0 Å². The standard InChI is InChI=1S/C13H20ClN5/c1-4-16-13(19-12(15)17-9(2)3)18-11-7-5-10(14)6-8-11/h5-9H,4H2,1-3H3,(H4,15,16,17,18,19). The Bertz CT molecular complexity index is 451. The second-order valence-electron chi connectivity index (χ2n) is 4.19. The lowest BCUT2D eigenvalue weighted by atomic mass is 10.3. The molecule has 0 aromatic heterocycles. The number of rotatable bonds is 3. The maximum Gasteiger partial charge on any atom is 0.202 e. The summed E-state index contributed by atoms with van der Waals surface area (Å²) in [4.78, 5) is 8.49. The van der Waals surface area contributed by atoms with Gasteiger partial charge < -0.3 is 11.1 Å². The third kappa shape index (κ3) is 6.10. The first-order valence-electron chi connectivity index (χ1n) is 6.18. The molecule has 0 bridgehead atoms. The van der Waals surface area contributed by atoms with Crippen LogP contribution in [0.4, 0.5) is 5.69 Å². The molecule has 0 aliphatic heterocycles. The van der Waals surface area contributed by atoms with Crippen LogP contribution in [-0.4, -0.2) is 24.5 Å². The molecular weight excluding hydrogens is 262 g/mol. The van der Waals surface area contributed by atoms with Crippen molar-refractivity contribution in [2.75, 3.05) is 11.9 Å². The molecule has 0 aliphatic rings. The van der Waals surface area contributed by atoms with Gasteiger partial charge in [-0.05, 0) is 45.0 Å². The number of hydrogen-bond acceptors (Lipinski definition) is 2. The fraction of sp³-hybridized carbons (Fsp3) is 0.385. The van der Waals surface area contributed by atoms with E-state index < -0.39 is 0 Å². The highest BCUT2D eigenvalue weighted by Crippen LogP contribution is 2.13. The molecule has 0 heterocycles. The molecule has 1 aromatic carbocycles. The van der Waals surface area contributed by atoms with Crippen LogP contribution < -0.4 is 16.4 Å². The van der Waals surface area contributed by atoms with Crippen molar-refractivity contribution in [3.8, 4) is 0 Å². The summed E-state index contributed by atoms with van der Waals surface area (Å²) in [5.41, 5.74) is 6.66. The van der Waals surface area contributed by atoms with Crippen LogP contribution in [0, 0.1) is 0 Å². The molecular formula is C13H20ClN5. The highest BCUT2D eigenvalue weighted by atomic mass is 35.5. The molecule has 1 aromatic rings. The number of anilines is 1. The van der Waals surface area contributed by atoms with Gasteiger partial charge in [0.25, 0.3) is 0 Å². The van der Waals surface area contributed by atoms with Gasteiger partial charge in [0.05, 0.1) is 0 Å². The average Bonchev–Trinajstić information content (AvgIpc) is 2.31. The first-order valence-corrected chi connectivity index (χ1v) is 6.56. The zero-order valence-electron chi connectivity index (χ0n) is 11.4. The Morgan fingerprint density at radius 2 is 1.95 bits per heavy atom. The van der Waals surface area contributed by atoms with Crippen LogP contribution in [0.1, 0.15) is 20.8 Å². The van der Waals surface area contributed by atoms with Crippen molar-refractivity contribution in [2.45, 2.75) is 26.8 Å². The van der Waals surface area contributed by atoms with Crippen molar-refractivity contribution in [3.63, 3.8) is 0 Å². The fourth-order valence-corrected chi connectivity index (χ4v) is 1.50. The molecule has 104 valence electrons. The van der Waals surface area contributed by atoms with E-state index in [1.165, 1.54) is 0 Å². The van der Waals surface area contributed by atoms with Gasteiger partial charge in [-0.2, -0.15) is 0 Å². The molecule has 1 rings (SSSR count). The van der Waals surface area contributed by atoms with Crippen molar-refractivity contribution in [1.82, 2.24) is 5.32 Å². The molecule has 0 amide bonds. The third-order valence-corrected chi connectivity index (χ3v) is 2.32. The summed E-state index contributed by atoms with van der Waals surface area (Å²) in [5.74, 6) is 0.899. The summed E-state index contributed by atoms with van der Waals surface area (Å²) in [7, 11) is 0. The Balaban J connectivity index is 2.74. The van der Waals surface area contributed by atoms with E-state index in [2.05, 4.69) is 20.6 Å². The number of aliphatic imine (C=N–C) groups is 2. The van der Waals surface area contributed by atoms with Gasteiger partial charge in [-0.1, -0.05) is 11.6 Å². The lowest BCUT2D eigenvalue weighted by Crippen LogP contribution is -2.41. The highest BCUT2D eigenvalue weighted by Gasteiger charge is 2.02. The molecule has 0 atom stereocenters. The van der Waals surface area contributed by atoms with E-state index in [1.54, 1.807) is 12.1 Å². The summed E-state index contributed by atoms with van der Waals surface area (Å²) < 4.78 is 0. The summed E-state index contributed by atoms with van der Waals surface area (Å²) >= 11 is 5.84. The van der Waals surface area contributed by atoms with Crippen LogP contribution in [0.25, 0.3) is 0 Å². The minimum Gasteiger partial charge on any atom is -0.370 e. The van der Waals surface area contributed by atoms with E-state index in [0.29, 0.717) is 23.5 Å². The second-order valence-corrected chi connectivity index (χ2v) is 4.62. The van der Waals surface area contributed by atoms with Gasteiger partial charge in [0.15, 0.2) is 5.96 Å². The molecule has 0 spiro atoms. The molecule has 4 N–H and O–H groups in total. The zero-order chi connectivity index (χ0) is 14.3. The van der Waals surface area contributed by atoms with E-state index in [4.69, 9.17) is 17.3 Å². The molecule has 0 radical (unpaired) electrons. The average molecular weight is 282 g/mol. The number of nitrogens with one attached hydrogen (secondary N) is 2. The largest absolute Gasteiger partial charge is 0.370 e. The molecule has 0 aliphatic carbocycles. The van der Waals surface area contributed by atoms with Crippen LogP contribution in [0.3, 0.4) is 0 Å². The Kier molecular flexibility index (Phi) is 6.15. The minimum atomic E-state index is 0.130. The van der Waals surface area contributed by atoms with Crippen molar-refractivity contribution in [2.24, 2.45) is 15.7 Å². The Hall–Kier alpha value is -1.75. The molecule has 6 heteroatoms. The Morgan fingerprint density at radius 1 is 1.32 bits per heavy atom. The molecule has 0 fully saturated rings. The number of halogens is 1. The maximum absolute atomic E-state index is 5.84. The van der Waals surface area contributed by atoms with Crippen molar-refractivity contribution < 1.29 is 0 Å². The first kappa shape index (κ1) is 15.3. The molecule has 0 unspecified atom stereocenters. The normalized spacial score (nSPS) is 12.7. The van der Waals surface area contributed by atoms with E-state index >= 15 is 0 Å². The maximum atomic E-state index is 5.84. The summed E-state index contributed by atoms with van der Waals surface area (Å²) in [6.45, 7) is 6.49. The van der Waals surface area contributed by atoms with Crippen molar-refractivity contribution in [3.05, 3.63) is 29.3 Å². The molecule has 0 saturated carbocycles. The molecule has 5 nitrogen and oxygen atoms in total. The first-order chi connectivity index (χ1) is 9.01. The van der Waals surface area contributed by atoms with E-state index in [9.17, 15) is 0 Å². The van der Waals surface area contributed by atoms with Crippen LogP contribution in [0.5, 0.6) is 0 Å². The smallest absolute Gasteiger partial charge is 0.202 e. The SMILES string of the molecule is CCN=C(NC(N)=NC(C)C)Nc1ccc(Cl)cc1. The Morgan fingerprint density at radius 3 is 2.47 bits per heavy atom. The summed E-state index contributed by atoms with van der Waals surface area (Å²) in [6, 6.07) is 7.47. The number of hydrogen-bond donors (Lipinski definition) is 3. The zero-order valence-corrected chi connectivity index (χ0v) is 12.2. The monoisotopic (exact) mass is 281 g/mol.